The van der Waals surface area contributed by atoms with Crippen LogP contribution in [0.2, 0.25) is 0 Å². The summed E-state index contributed by atoms with van der Waals surface area (Å²) in [7, 11) is 0. The monoisotopic (exact) mass is 236 g/mol. The van der Waals surface area contributed by atoms with Gasteiger partial charge in [-0.2, -0.15) is 0 Å². The van der Waals surface area contributed by atoms with Crippen LogP contribution < -0.4 is 4.74 Å². The van der Waals surface area contributed by atoms with Crippen molar-refractivity contribution in [2.24, 2.45) is 0 Å². The Balaban J connectivity index is 1.95. The van der Waals surface area contributed by atoms with Gasteiger partial charge in [-0.05, 0) is 38.8 Å². The molecule has 0 unspecified atom stereocenters. The third-order valence-corrected chi connectivity index (χ3v) is 2.89. The van der Waals surface area contributed by atoms with Gasteiger partial charge in [-0.15, -0.1) is 0 Å². The lowest BCUT2D eigenvalue weighted by atomic mass is 10.1. The van der Waals surface area contributed by atoms with E-state index in [1.807, 2.05) is 19.9 Å². The first-order valence-corrected chi connectivity index (χ1v) is 5.99. The number of aryl methyl sites for hydroxylation is 2. The average Bonchev–Trinajstić information content (AvgIpc) is 2.57. The zero-order valence-corrected chi connectivity index (χ0v) is 10.9. The van der Waals surface area contributed by atoms with Crippen LogP contribution in [0.3, 0.4) is 0 Å². The molecule has 1 aliphatic heterocycles. The lowest BCUT2D eigenvalue weighted by molar-refractivity contribution is -0.141. The van der Waals surface area contributed by atoms with Gasteiger partial charge in [0.05, 0.1) is 6.61 Å². The van der Waals surface area contributed by atoms with Gasteiger partial charge in [0.1, 0.15) is 18.5 Å². The Morgan fingerprint density at radius 2 is 1.94 bits per heavy atom. The van der Waals surface area contributed by atoms with Crippen molar-refractivity contribution in [1.29, 1.82) is 0 Å². The number of hydrogen-bond donors (Lipinski definition) is 0. The topological polar surface area (TPSA) is 27.7 Å². The zero-order chi connectivity index (χ0) is 12.5. The fourth-order valence-corrected chi connectivity index (χ4v) is 2.05. The number of benzene rings is 1. The Morgan fingerprint density at radius 1 is 1.29 bits per heavy atom. The molecule has 2 rings (SSSR count). The predicted octanol–water partition coefficient (Wildman–Crippen LogP) is 2.83. The fraction of sp³-hybridized carbons (Fsp3) is 0.571. The maximum Gasteiger partial charge on any atom is 0.163 e. The first kappa shape index (κ1) is 12.4. The summed E-state index contributed by atoms with van der Waals surface area (Å²) in [6, 6.07) is 6.15. The van der Waals surface area contributed by atoms with Crippen molar-refractivity contribution in [3.63, 3.8) is 0 Å². The molecule has 1 aliphatic rings. The number of rotatable bonds is 3. The molecule has 1 fully saturated rings. The fourth-order valence-electron chi connectivity index (χ4n) is 2.05. The second-order valence-electron chi connectivity index (χ2n) is 4.98. The molecule has 94 valence electrons. The van der Waals surface area contributed by atoms with E-state index in [9.17, 15) is 0 Å². The summed E-state index contributed by atoms with van der Waals surface area (Å²) in [6.45, 7) is 9.08. The molecular weight excluding hydrogens is 216 g/mol. The first-order valence-electron chi connectivity index (χ1n) is 5.99. The third kappa shape index (κ3) is 2.99. The number of hydrogen-bond acceptors (Lipinski definition) is 3. The molecule has 1 atom stereocenters. The minimum atomic E-state index is -0.477. The molecular formula is C14H20O3. The average molecular weight is 236 g/mol. The van der Waals surface area contributed by atoms with Gasteiger partial charge in [0.2, 0.25) is 0 Å². The highest BCUT2D eigenvalue weighted by Gasteiger charge is 2.33. The van der Waals surface area contributed by atoms with E-state index in [1.165, 1.54) is 0 Å². The van der Waals surface area contributed by atoms with E-state index in [0.717, 1.165) is 16.9 Å². The smallest absolute Gasteiger partial charge is 0.163 e. The van der Waals surface area contributed by atoms with Gasteiger partial charge < -0.3 is 14.2 Å². The minimum Gasteiger partial charge on any atom is -0.490 e. The molecule has 17 heavy (non-hydrogen) atoms. The first-order chi connectivity index (χ1) is 7.98. The van der Waals surface area contributed by atoms with Crippen LogP contribution in [-0.2, 0) is 9.47 Å². The lowest BCUT2D eigenvalue weighted by Gasteiger charge is -2.18. The lowest BCUT2D eigenvalue weighted by Crippen LogP contribution is -2.25. The van der Waals surface area contributed by atoms with Gasteiger partial charge in [0, 0.05) is 0 Å². The molecule has 0 spiro atoms. The number of para-hydroxylation sites is 1. The van der Waals surface area contributed by atoms with E-state index in [4.69, 9.17) is 14.2 Å². The van der Waals surface area contributed by atoms with E-state index in [1.54, 1.807) is 0 Å². The zero-order valence-electron chi connectivity index (χ0n) is 10.9. The molecule has 1 saturated heterocycles. The van der Waals surface area contributed by atoms with Crippen LogP contribution in [0, 0.1) is 13.8 Å². The van der Waals surface area contributed by atoms with E-state index < -0.39 is 5.79 Å². The summed E-state index contributed by atoms with van der Waals surface area (Å²) in [5.74, 6) is 0.482. The molecule has 1 aromatic carbocycles. The van der Waals surface area contributed by atoms with Crippen molar-refractivity contribution >= 4 is 0 Å². The minimum absolute atomic E-state index is 0.0176. The van der Waals surface area contributed by atoms with Crippen LogP contribution in [-0.4, -0.2) is 25.1 Å². The van der Waals surface area contributed by atoms with Crippen LogP contribution in [0.5, 0.6) is 5.75 Å². The molecule has 0 aliphatic carbocycles. The Kier molecular flexibility index (Phi) is 3.40. The molecule has 1 heterocycles. The highest BCUT2D eigenvalue weighted by molar-refractivity contribution is 5.39. The van der Waals surface area contributed by atoms with Crippen molar-refractivity contribution < 1.29 is 14.2 Å². The molecule has 3 heteroatoms. The van der Waals surface area contributed by atoms with E-state index in [0.29, 0.717) is 13.2 Å². The molecule has 0 radical (unpaired) electrons. The quantitative estimate of drug-likeness (QED) is 0.807. The Labute approximate surface area is 103 Å². The van der Waals surface area contributed by atoms with Crippen LogP contribution >= 0.6 is 0 Å². The highest BCUT2D eigenvalue weighted by atomic mass is 16.7. The highest BCUT2D eigenvalue weighted by Crippen LogP contribution is 2.25. The SMILES string of the molecule is Cc1cccc(C)c1OC[C@@H]1COC(C)(C)O1. The van der Waals surface area contributed by atoms with Crippen molar-refractivity contribution in [1.82, 2.24) is 0 Å². The van der Waals surface area contributed by atoms with Gasteiger partial charge in [-0.25, -0.2) is 0 Å². The molecule has 0 bridgehead atoms. The normalized spacial score (nSPS) is 22.7. The van der Waals surface area contributed by atoms with Crippen LogP contribution in [0.15, 0.2) is 18.2 Å². The van der Waals surface area contributed by atoms with Gasteiger partial charge in [0.25, 0.3) is 0 Å². The van der Waals surface area contributed by atoms with Crippen molar-refractivity contribution in [2.75, 3.05) is 13.2 Å². The van der Waals surface area contributed by atoms with Crippen molar-refractivity contribution in [2.45, 2.75) is 39.6 Å². The van der Waals surface area contributed by atoms with Gasteiger partial charge in [-0.1, -0.05) is 18.2 Å². The van der Waals surface area contributed by atoms with Crippen LogP contribution in [0.25, 0.3) is 0 Å². The molecule has 3 nitrogen and oxygen atoms in total. The second kappa shape index (κ2) is 4.67. The summed E-state index contributed by atoms with van der Waals surface area (Å²) < 4.78 is 17.0. The largest absolute Gasteiger partial charge is 0.490 e. The molecule has 0 N–H and O–H groups in total. The predicted molar refractivity (Wildman–Crippen MR) is 66.3 cm³/mol. The van der Waals surface area contributed by atoms with Gasteiger partial charge in [0.15, 0.2) is 5.79 Å². The summed E-state index contributed by atoms with van der Waals surface area (Å²) >= 11 is 0. The summed E-state index contributed by atoms with van der Waals surface area (Å²) in [5, 5.41) is 0. The molecule has 0 saturated carbocycles. The van der Waals surface area contributed by atoms with Crippen LogP contribution in [0.1, 0.15) is 25.0 Å². The Morgan fingerprint density at radius 3 is 2.47 bits per heavy atom. The Bertz CT molecular complexity index is 378. The van der Waals surface area contributed by atoms with Gasteiger partial charge in [-0.3, -0.25) is 0 Å². The van der Waals surface area contributed by atoms with Crippen LogP contribution in [0.4, 0.5) is 0 Å². The molecule has 0 amide bonds. The summed E-state index contributed by atoms with van der Waals surface area (Å²) in [4.78, 5) is 0. The summed E-state index contributed by atoms with van der Waals surface area (Å²) in [6.07, 6.45) is 0.0176. The van der Waals surface area contributed by atoms with E-state index in [-0.39, 0.29) is 6.10 Å². The standard InChI is InChI=1S/C14H20O3/c1-10-6-5-7-11(2)13(10)15-8-12-9-16-14(3,4)17-12/h5-7,12H,8-9H2,1-4H3/t12-/m1/s1. The van der Waals surface area contributed by atoms with E-state index >= 15 is 0 Å². The summed E-state index contributed by atoms with van der Waals surface area (Å²) in [5.41, 5.74) is 2.31. The second-order valence-corrected chi connectivity index (χ2v) is 4.98. The molecule has 0 aromatic heterocycles. The maximum absolute atomic E-state index is 5.84. The third-order valence-electron chi connectivity index (χ3n) is 2.89. The van der Waals surface area contributed by atoms with E-state index in [2.05, 4.69) is 26.0 Å². The van der Waals surface area contributed by atoms with Gasteiger partial charge >= 0.3 is 0 Å². The van der Waals surface area contributed by atoms with Crippen molar-refractivity contribution in [3.05, 3.63) is 29.3 Å². The van der Waals surface area contributed by atoms with Crippen molar-refractivity contribution in [3.8, 4) is 5.75 Å². The maximum atomic E-state index is 5.84. The number of ether oxygens (including phenoxy) is 3. The Hall–Kier alpha value is -1.06. The molecule has 1 aromatic rings.